The zero-order valence-corrected chi connectivity index (χ0v) is 24.9. The molecule has 0 aromatic heterocycles. The Morgan fingerprint density at radius 3 is 2.48 bits per heavy atom. The van der Waals surface area contributed by atoms with Crippen LogP contribution in [0.3, 0.4) is 0 Å². The van der Waals surface area contributed by atoms with Gasteiger partial charge in [-0.3, -0.25) is 9.59 Å². The van der Waals surface area contributed by atoms with Crippen molar-refractivity contribution in [2.75, 3.05) is 18.1 Å². The average molecular weight is 614 g/mol. The number of carboxylic acids is 1. The molecule has 0 radical (unpaired) electrons. The molecule has 12 nitrogen and oxygen atoms in total. The molecule has 3 rings (SSSR count). The third-order valence-corrected chi connectivity index (χ3v) is 9.72. The lowest BCUT2D eigenvalue weighted by atomic mass is 10.0. The number of nitrogens with two attached hydrogens (primary N) is 1. The minimum Gasteiger partial charge on any atom is -0.480 e. The van der Waals surface area contributed by atoms with Gasteiger partial charge >= 0.3 is 12.0 Å². The predicted octanol–water partition coefficient (Wildman–Crippen LogP) is 1.94. The molecule has 1 aromatic carbocycles. The number of carbonyl (C=O) groups is 4. The molecule has 2 fully saturated rings. The lowest BCUT2D eigenvalue weighted by Crippen LogP contribution is -2.41. The van der Waals surface area contributed by atoms with Gasteiger partial charge in [-0.1, -0.05) is 25.0 Å². The van der Waals surface area contributed by atoms with Gasteiger partial charge in [0.2, 0.25) is 5.91 Å². The first-order valence-corrected chi connectivity index (χ1v) is 15.7. The summed E-state index contributed by atoms with van der Waals surface area (Å²) in [6.45, 7) is 1.61. The van der Waals surface area contributed by atoms with E-state index in [2.05, 4.69) is 21.3 Å². The topological polar surface area (TPSA) is 210 Å². The Kier molecular flexibility index (Phi) is 12.5. The number of nitrogens with zero attached hydrogens (tertiary/aromatic N) is 2. The maximum atomic E-state index is 12.7. The van der Waals surface area contributed by atoms with E-state index in [1.54, 1.807) is 24.3 Å². The highest BCUT2D eigenvalue weighted by molar-refractivity contribution is 8.08. The minimum absolute atomic E-state index is 0.0447. The van der Waals surface area contributed by atoms with E-state index in [0.29, 0.717) is 29.3 Å². The molecule has 0 aliphatic carbocycles. The number of allylic oxidation sites excluding steroid dienone is 1. The van der Waals surface area contributed by atoms with Crippen LogP contribution in [0.2, 0.25) is 0 Å². The molecule has 42 heavy (non-hydrogen) atoms. The second kappa shape index (κ2) is 16.1. The number of nitrogens with one attached hydrogen (secondary N) is 4. The molecule has 4 amide bonds. The summed E-state index contributed by atoms with van der Waals surface area (Å²) in [5, 5.41) is 39.7. The highest BCUT2D eigenvalue weighted by atomic mass is 32.2. The fourth-order valence-electron chi connectivity index (χ4n) is 4.80. The number of hydrogen-bond donors (Lipinski definition) is 6. The Morgan fingerprint density at radius 2 is 1.83 bits per heavy atom. The highest BCUT2D eigenvalue weighted by Crippen LogP contribution is 2.33. The number of rotatable bonds is 15. The molecule has 2 aliphatic heterocycles. The van der Waals surface area contributed by atoms with Crippen molar-refractivity contribution in [3.63, 3.8) is 0 Å². The van der Waals surface area contributed by atoms with Crippen LogP contribution in [0.25, 0.3) is 4.91 Å². The number of fused-ring (bicyclic) bond motifs is 1. The van der Waals surface area contributed by atoms with Crippen LogP contribution in [0.4, 0.5) is 4.79 Å². The Bertz CT molecular complexity index is 1260. The van der Waals surface area contributed by atoms with E-state index >= 15 is 0 Å². The summed E-state index contributed by atoms with van der Waals surface area (Å²) in [7, 11) is 0. The molecular weight excluding hydrogens is 578 g/mol. The molecule has 0 bridgehead atoms. The normalized spacial score (nSPS) is 20.1. The van der Waals surface area contributed by atoms with Crippen molar-refractivity contribution in [2.24, 2.45) is 5.73 Å². The molecule has 2 heterocycles. The maximum Gasteiger partial charge on any atom is 0.327 e. The lowest BCUT2D eigenvalue weighted by Gasteiger charge is -2.17. The number of amides is 4. The molecule has 0 saturated carbocycles. The van der Waals surface area contributed by atoms with Crippen molar-refractivity contribution in [3.05, 3.63) is 41.0 Å². The first kappa shape index (κ1) is 32.8. The quantitative estimate of drug-likeness (QED) is 0.0961. The van der Waals surface area contributed by atoms with Gasteiger partial charge in [0.25, 0.3) is 5.91 Å². The highest BCUT2D eigenvalue weighted by Gasteiger charge is 2.42. The number of thioether (sulfide) groups is 2. The van der Waals surface area contributed by atoms with Gasteiger partial charge in [0.1, 0.15) is 23.8 Å². The van der Waals surface area contributed by atoms with Crippen LogP contribution in [0.15, 0.2) is 29.8 Å². The summed E-state index contributed by atoms with van der Waals surface area (Å²) in [6, 6.07) is 9.05. The summed E-state index contributed by atoms with van der Waals surface area (Å²) in [5.74, 6) is -1.19. The van der Waals surface area contributed by atoms with E-state index < -0.39 is 17.9 Å². The van der Waals surface area contributed by atoms with E-state index in [9.17, 15) is 34.8 Å². The van der Waals surface area contributed by atoms with Crippen LogP contribution in [0.5, 0.6) is 0 Å². The fraction of sp³-hybridized carbons (Fsp3) is 0.500. The maximum absolute atomic E-state index is 12.7. The van der Waals surface area contributed by atoms with Gasteiger partial charge in [0.15, 0.2) is 0 Å². The average Bonchev–Trinajstić information content (AvgIpc) is 3.51. The lowest BCUT2D eigenvalue weighted by molar-refractivity contribution is -0.140. The third kappa shape index (κ3) is 9.41. The van der Waals surface area contributed by atoms with Gasteiger partial charge in [0, 0.05) is 46.7 Å². The number of aliphatic carboxylic acids is 1. The molecule has 0 spiro atoms. The van der Waals surface area contributed by atoms with E-state index in [1.165, 1.54) is 6.92 Å². The number of benzene rings is 1. The summed E-state index contributed by atoms with van der Waals surface area (Å²) < 4.78 is 0. The van der Waals surface area contributed by atoms with Crippen LogP contribution in [0, 0.1) is 22.7 Å². The van der Waals surface area contributed by atoms with Gasteiger partial charge in [-0.05, 0) is 37.0 Å². The number of urea groups is 1. The fourth-order valence-corrected chi connectivity index (χ4v) is 7.44. The molecule has 1 unspecified atom stereocenters. The molecule has 7 N–H and O–H groups in total. The Balaban J connectivity index is 1.44. The smallest absolute Gasteiger partial charge is 0.327 e. The molecule has 1 aromatic rings. The number of hydrogen-bond acceptors (Lipinski definition) is 9. The zero-order chi connectivity index (χ0) is 30.6. The van der Waals surface area contributed by atoms with E-state index in [1.807, 2.05) is 23.9 Å². The summed E-state index contributed by atoms with van der Waals surface area (Å²) in [4.78, 5) is 47.2. The number of unbranched alkanes of at least 4 members (excludes halogenated alkanes) is 1. The molecular formula is C28H35N7O5S2. The van der Waals surface area contributed by atoms with Crippen LogP contribution in [-0.2, 0) is 9.59 Å². The second-order valence-electron chi connectivity index (χ2n) is 10.1. The molecule has 2 saturated heterocycles. The molecule has 5 atom stereocenters. The van der Waals surface area contributed by atoms with Gasteiger partial charge < -0.3 is 32.1 Å². The van der Waals surface area contributed by atoms with E-state index in [-0.39, 0.29) is 46.3 Å². The van der Waals surface area contributed by atoms with Crippen LogP contribution in [-0.4, -0.2) is 76.4 Å². The van der Waals surface area contributed by atoms with Crippen molar-refractivity contribution < 1.29 is 24.3 Å². The summed E-state index contributed by atoms with van der Waals surface area (Å²) in [5.41, 5.74) is 6.91. The Hall–Kier alpha value is -3.72. The largest absolute Gasteiger partial charge is 0.480 e. The number of carbonyl (C=O) groups excluding carboxylic acids is 3. The van der Waals surface area contributed by atoms with E-state index in [0.717, 1.165) is 43.2 Å². The number of nitriles is 2. The van der Waals surface area contributed by atoms with Gasteiger partial charge in [-0.15, -0.1) is 11.8 Å². The standard InChI is InChI=1S/C28H35N7O5S2/c1-16(36)33-22(27(38)39)15-42-25(19(12-29)13-30)17-6-8-18(9-7-17)26(37)32-11-10-20(31)4-2-3-5-23-24-21(14-41-23)34-28(40)35-24/h6-9,20-24H,2-5,10-11,14-15,31H2,1H3,(H,32,37)(H,33,36)(H,38,39)(H2,34,35,40)/t20?,21-,22-,23-,24-/m0/s1. The summed E-state index contributed by atoms with van der Waals surface area (Å²) in [6.07, 6.45) is 4.51. The van der Waals surface area contributed by atoms with E-state index in [4.69, 9.17) is 5.73 Å². The van der Waals surface area contributed by atoms with Gasteiger partial charge in [0.05, 0.1) is 12.1 Å². The van der Waals surface area contributed by atoms with Crippen molar-refractivity contribution in [2.45, 2.75) is 68.4 Å². The van der Waals surface area contributed by atoms with Crippen molar-refractivity contribution in [1.82, 2.24) is 21.3 Å². The van der Waals surface area contributed by atoms with Crippen LogP contribution >= 0.6 is 23.5 Å². The second-order valence-corrected chi connectivity index (χ2v) is 12.4. The van der Waals surface area contributed by atoms with Gasteiger partial charge in [-0.2, -0.15) is 22.3 Å². The monoisotopic (exact) mass is 613 g/mol. The SMILES string of the molecule is CC(=O)N[C@@H](CSC(=C(C#N)C#N)c1ccc(C(=O)NCCC(N)CCCC[C@@H]2SC[C@@H]3NC(=O)N[C@@H]32)cc1)C(=O)O. The van der Waals surface area contributed by atoms with Crippen LogP contribution in [0.1, 0.15) is 54.9 Å². The number of carboxylic acid groups (broad SMARTS) is 1. The first-order chi connectivity index (χ1) is 20.1. The predicted molar refractivity (Wildman–Crippen MR) is 161 cm³/mol. The Morgan fingerprint density at radius 1 is 1.14 bits per heavy atom. The molecule has 2 aliphatic rings. The van der Waals surface area contributed by atoms with Crippen molar-refractivity contribution in [1.29, 1.82) is 10.5 Å². The third-order valence-electron chi connectivity index (χ3n) is 6.98. The van der Waals surface area contributed by atoms with Crippen LogP contribution < -0.4 is 27.0 Å². The Labute approximate surface area is 253 Å². The van der Waals surface area contributed by atoms with Crippen molar-refractivity contribution >= 4 is 52.2 Å². The molecule has 224 valence electrons. The zero-order valence-electron chi connectivity index (χ0n) is 23.2. The minimum atomic E-state index is -1.24. The van der Waals surface area contributed by atoms with Gasteiger partial charge in [-0.25, -0.2) is 9.59 Å². The molecule has 14 heteroatoms. The summed E-state index contributed by atoms with van der Waals surface area (Å²) >= 11 is 2.86. The van der Waals surface area contributed by atoms with Crippen molar-refractivity contribution in [3.8, 4) is 12.1 Å². The first-order valence-electron chi connectivity index (χ1n) is 13.6.